The lowest BCUT2D eigenvalue weighted by atomic mass is 9.63. The van der Waals surface area contributed by atoms with Gasteiger partial charge in [-0.15, -0.1) is 0 Å². The second kappa shape index (κ2) is 4.58. The van der Waals surface area contributed by atoms with Crippen LogP contribution >= 0.6 is 0 Å². The average Bonchev–Trinajstić information content (AvgIpc) is 2.94. The van der Waals surface area contributed by atoms with Crippen LogP contribution in [0.1, 0.15) is 24.3 Å². The molecule has 1 aromatic carbocycles. The molecule has 1 aromatic rings. The lowest BCUT2D eigenvalue weighted by molar-refractivity contribution is 0.487. The number of benzene rings is 1. The molecule has 3 aliphatic rings. The zero-order chi connectivity index (χ0) is 15.2. The van der Waals surface area contributed by atoms with Crippen molar-refractivity contribution in [2.45, 2.75) is 18.8 Å². The first-order valence-electron chi connectivity index (χ1n) is 7.49. The van der Waals surface area contributed by atoms with Crippen LogP contribution < -0.4 is 0 Å². The first kappa shape index (κ1) is 12.9. The zero-order valence-electron chi connectivity index (χ0n) is 12.1. The molecule has 2 atom stereocenters. The van der Waals surface area contributed by atoms with E-state index in [1.165, 1.54) is 5.57 Å². The molecule has 2 heteroatoms. The second-order valence-electron chi connectivity index (χ2n) is 5.99. The van der Waals surface area contributed by atoms with Crippen molar-refractivity contribution < 1.29 is 0 Å². The highest BCUT2D eigenvalue weighted by molar-refractivity contribution is 5.68. The number of hydrogen-bond acceptors (Lipinski definition) is 2. The monoisotopic (exact) mass is 282 g/mol. The number of hydrogen-bond donors (Lipinski definition) is 0. The maximum absolute atomic E-state index is 10.1. The van der Waals surface area contributed by atoms with Gasteiger partial charge in [0.25, 0.3) is 0 Å². The Bertz CT molecular complexity index is 853. The van der Waals surface area contributed by atoms with Gasteiger partial charge in [-0.25, -0.2) is 0 Å². The molecule has 0 radical (unpaired) electrons. The Kier molecular flexibility index (Phi) is 2.68. The summed E-state index contributed by atoms with van der Waals surface area (Å²) < 4.78 is 0. The summed E-state index contributed by atoms with van der Waals surface area (Å²) in [6.45, 7) is 0. The van der Waals surface area contributed by atoms with E-state index in [4.69, 9.17) is 0 Å². The molecule has 0 spiro atoms. The van der Waals surface area contributed by atoms with Crippen LogP contribution in [0.15, 0.2) is 76.9 Å². The first-order chi connectivity index (χ1) is 10.8. The molecule has 0 aliphatic heterocycles. The maximum Gasteiger partial charge on any atom is 0.125 e. The molecular weight excluding hydrogens is 268 g/mol. The number of nitrogens with zero attached hydrogens (tertiary/aromatic N) is 2. The summed E-state index contributed by atoms with van der Waals surface area (Å²) in [5.74, 6) is 0.0261. The Morgan fingerprint density at radius 1 is 1.09 bits per heavy atom. The predicted molar refractivity (Wildman–Crippen MR) is 84.4 cm³/mol. The quantitative estimate of drug-likeness (QED) is 0.769. The van der Waals surface area contributed by atoms with E-state index in [1.807, 2.05) is 30.4 Å². The van der Waals surface area contributed by atoms with E-state index in [2.05, 4.69) is 36.4 Å². The third-order valence-electron chi connectivity index (χ3n) is 5.02. The smallest absolute Gasteiger partial charge is 0.125 e. The van der Waals surface area contributed by atoms with Crippen LogP contribution in [0.2, 0.25) is 0 Å². The minimum Gasteiger partial charge on any atom is -0.197 e. The van der Waals surface area contributed by atoms with Gasteiger partial charge < -0.3 is 0 Å². The standard InChI is InChI=1S/C20H14N2/c21-12-17-10-9-15-7-4-8-16-11-18(14-5-2-1-3-6-14)20(17,13-22)19(15)16/h1-7,9-10,18H,8,11H2/t18-,20+/m0/s1. The van der Waals surface area contributed by atoms with Crippen LogP contribution in [-0.2, 0) is 0 Å². The predicted octanol–water partition coefficient (Wildman–Crippen LogP) is 4.33. The molecular formula is C20H14N2. The molecule has 0 saturated carbocycles. The highest BCUT2D eigenvalue weighted by atomic mass is 14.6. The fourth-order valence-electron chi connectivity index (χ4n) is 4.12. The molecule has 0 N–H and O–H groups in total. The van der Waals surface area contributed by atoms with Crippen molar-refractivity contribution in [3.05, 3.63) is 82.5 Å². The van der Waals surface area contributed by atoms with Gasteiger partial charge in [-0.1, -0.05) is 54.1 Å². The summed E-state index contributed by atoms with van der Waals surface area (Å²) >= 11 is 0. The van der Waals surface area contributed by atoms with Crippen LogP contribution in [0.3, 0.4) is 0 Å². The van der Waals surface area contributed by atoms with Crippen molar-refractivity contribution in [3.8, 4) is 12.1 Å². The largest absolute Gasteiger partial charge is 0.197 e. The Balaban J connectivity index is 1.98. The lowest BCUT2D eigenvalue weighted by Crippen LogP contribution is -2.30. The van der Waals surface area contributed by atoms with E-state index < -0.39 is 5.41 Å². The van der Waals surface area contributed by atoms with Crippen molar-refractivity contribution in [2.24, 2.45) is 5.41 Å². The van der Waals surface area contributed by atoms with Gasteiger partial charge in [0.15, 0.2) is 0 Å². The molecule has 0 unspecified atom stereocenters. The topological polar surface area (TPSA) is 47.6 Å². The third kappa shape index (κ3) is 1.47. The lowest BCUT2D eigenvalue weighted by Gasteiger charge is -2.34. The van der Waals surface area contributed by atoms with E-state index in [0.717, 1.165) is 29.6 Å². The van der Waals surface area contributed by atoms with Gasteiger partial charge in [0.2, 0.25) is 0 Å². The summed E-state index contributed by atoms with van der Waals surface area (Å²) in [6, 6.07) is 15.0. The summed E-state index contributed by atoms with van der Waals surface area (Å²) in [7, 11) is 0. The molecule has 0 amide bonds. The SMILES string of the molecule is N#CC1=CC=C2C=CCC3=C2[C@@]1(C#N)[C@H](c1ccccc1)C3. The summed E-state index contributed by atoms with van der Waals surface area (Å²) in [5, 5.41) is 19.7. The fourth-order valence-corrected chi connectivity index (χ4v) is 4.12. The van der Waals surface area contributed by atoms with Crippen LogP contribution in [-0.4, -0.2) is 0 Å². The van der Waals surface area contributed by atoms with Crippen LogP contribution in [0.25, 0.3) is 0 Å². The fraction of sp³-hybridized carbons (Fsp3) is 0.200. The molecule has 0 heterocycles. The molecule has 0 bridgehead atoms. The third-order valence-corrected chi connectivity index (χ3v) is 5.02. The number of nitriles is 2. The van der Waals surface area contributed by atoms with Gasteiger partial charge in [-0.2, -0.15) is 10.5 Å². The molecule has 0 aromatic heterocycles. The summed E-state index contributed by atoms with van der Waals surface area (Å²) in [5.41, 5.74) is 4.39. The van der Waals surface area contributed by atoms with E-state index in [9.17, 15) is 10.5 Å². The molecule has 3 aliphatic carbocycles. The Hall–Kier alpha value is -2.84. The highest BCUT2D eigenvalue weighted by Crippen LogP contribution is 2.61. The maximum atomic E-state index is 10.1. The summed E-state index contributed by atoms with van der Waals surface area (Å²) in [4.78, 5) is 0. The van der Waals surface area contributed by atoms with Crippen LogP contribution in [0.5, 0.6) is 0 Å². The Labute approximate surface area is 130 Å². The molecule has 4 rings (SSSR count). The van der Waals surface area contributed by atoms with Gasteiger partial charge >= 0.3 is 0 Å². The van der Waals surface area contributed by atoms with Gasteiger partial charge in [-0.05, 0) is 35.6 Å². The molecule has 22 heavy (non-hydrogen) atoms. The van der Waals surface area contributed by atoms with E-state index >= 15 is 0 Å². The molecule has 2 nitrogen and oxygen atoms in total. The normalized spacial score (nSPS) is 28.4. The molecule has 104 valence electrons. The van der Waals surface area contributed by atoms with E-state index in [-0.39, 0.29) is 5.92 Å². The van der Waals surface area contributed by atoms with Crippen molar-refractivity contribution in [1.82, 2.24) is 0 Å². The van der Waals surface area contributed by atoms with Crippen LogP contribution in [0, 0.1) is 28.1 Å². The van der Waals surface area contributed by atoms with Gasteiger partial charge in [0.1, 0.15) is 5.41 Å². The molecule has 0 fully saturated rings. The first-order valence-corrected chi connectivity index (χ1v) is 7.49. The van der Waals surface area contributed by atoms with E-state index in [1.54, 1.807) is 0 Å². The van der Waals surface area contributed by atoms with Gasteiger partial charge in [0, 0.05) is 5.92 Å². The molecule has 0 saturated heterocycles. The highest BCUT2D eigenvalue weighted by Gasteiger charge is 2.54. The van der Waals surface area contributed by atoms with Crippen molar-refractivity contribution >= 4 is 0 Å². The Morgan fingerprint density at radius 3 is 2.64 bits per heavy atom. The average molecular weight is 282 g/mol. The minimum atomic E-state index is -0.819. The van der Waals surface area contributed by atoms with E-state index in [0.29, 0.717) is 5.57 Å². The zero-order valence-corrected chi connectivity index (χ0v) is 12.1. The number of rotatable bonds is 1. The Morgan fingerprint density at radius 2 is 1.91 bits per heavy atom. The summed E-state index contributed by atoms with van der Waals surface area (Å²) in [6.07, 6.45) is 9.79. The van der Waals surface area contributed by atoms with Crippen molar-refractivity contribution in [1.29, 1.82) is 10.5 Å². The second-order valence-corrected chi connectivity index (χ2v) is 5.99. The van der Waals surface area contributed by atoms with Gasteiger partial charge in [-0.3, -0.25) is 0 Å². The van der Waals surface area contributed by atoms with Gasteiger partial charge in [0.05, 0.1) is 17.7 Å². The van der Waals surface area contributed by atoms with Crippen LogP contribution in [0.4, 0.5) is 0 Å². The number of allylic oxidation sites excluding steroid dienone is 8. The van der Waals surface area contributed by atoms with Crippen molar-refractivity contribution in [3.63, 3.8) is 0 Å². The minimum absolute atomic E-state index is 0.0261. The van der Waals surface area contributed by atoms with Crippen molar-refractivity contribution in [2.75, 3.05) is 0 Å².